The zero-order valence-electron chi connectivity index (χ0n) is 13.1. The number of carbonyl (C=O) groups excluding carboxylic acids is 2. The van der Waals surface area contributed by atoms with E-state index in [4.69, 9.17) is 18.9 Å². The van der Waals surface area contributed by atoms with Crippen molar-refractivity contribution in [1.82, 2.24) is 4.90 Å². The second-order valence-electron chi connectivity index (χ2n) is 5.63. The second kappa shape index (κ2) is 6.17. The maximum Gasteiger partial charge on any atom is 0.411 e. The fourth-order valence-electron chi connectivity index (χ4n) is 2.96. The molecule has 1 aromatic carbocycles. The summed E-state index contributed by atoms with van der Waals surface area (Å²) in [5, 5.41) is 0. The van der Waals surface area contributed by atoms with E-state index in [1.165, 1.54) is 12.0 Å². The highest BCUT2D eigenvalue weighted by atomic mass is 16.9. The van der Waals surface area contributed by atoms with Crippen molar-refractivity contribution in [3.63, 3.8) is 0 Å². The molecule has 0 bridgehead atoms. The van der Waals surface area contributed by atoms with Gasteiger partial charge in [0.1, 0.15) is 12.6 Å². The van der Waals surface area contributed by atoms with Crippen LogP contribution in [0.5, 0.6) is 0 Å². The summed E-state index contributed by atoms with van der Waals surface area (Å²) in [6.45, 7) is 2.04. The van der Waals surface area contributed by atoms with Crippen LogP contribution in [-0.2, 0) is 30.3 Å². The van der Waals surface area contributed by atoms with Crippen molar-refractivity contribution in [3.8, 4) is 0 Å². The Labute approximate surface area is 134 Å². The fraction of sp³-hybridized carbons (Fsp3) is 0.500. The Kier molecular flexibility index (Phi) is 4.23. The van der Waals surface area contributed by atoms with Crippen molar-refractivity contribution in [3.05, 3.63) is 35.9 Å². The van der Waals surface area contributed by atoms with Gasteiger partial charge >= 0.3 is 12.1 Å². The average molecular weight is 321 g/mol. The second-order valence-corrected chi connectivity index (χ2v) is 5.63. The number of hydrogen-bond donors (Lipinski definition) is 0. The number of rotatable bonds is 3. The molecule has 2 aliphatic rings. The van der Waals surface area contributed by atoms with Gasteiger partial charge in [0.25, 0.3) is 0 Å². The van der Waals surface area contributed by atoms with Gasteiger partial charge in [-0.25, -0.2) is 9.59 Å². The van der Waals surface area contributed by atoms with E-state index in [1.807, 2.05) is 30.3 Å². The molecule has 0 aliphatic carbocycles. The summed E-state index contributed by atoms with van der Waals surface area (Å²) in [6, 6.07) is 8.56. The van der Waals surface area contributed by atoms with Gasteiger partial charge in [-0.05, 0) is 12.5 Å². The number of benzene rings is 1. The van der Waals surface area contributed by atoms with E-state index >= 15 is 0 Å². The van der Waals surface area contributed by atoms with Crippen LogP contribution in [0.4, 0.5) is 4.79 Å². The standard InChI is InChI=1S/C16H19NO6/c1-11-22-16(23-11)8-13(14(18)20-2)17(10-16)15(19)21-9-12-6-4-3-5-7-12/h3-7,11,13H,8-10H2,1-2H3/t11?,13-,16?/m0/s1. The molecule has 7 nitrogen and oxygen atoms in total. The highest BCUT2D eigenvalue weighted by Crippen LogP contribution is 2.41. The van der Waals surface area contributed by atoms with Crippen molar-refractivity contribution in [2.75, 3.05) is 13.7 Å². The predicted octanol–water partition coefficient (Wildman–Crippen LogP) is 1.66. The minimum atomic E-state index is -0.927. The number of hydrogen-bond acceptors (Lipinski definition) is 6. The Hall–Kier alpha value is -2.12. The molecule has 23 heavy (non-hydrogen) atoms. The lowest BCUT2D eigenvalue weighted by atomic mass is 10.1. The summed E-state index contributed by atoms with van der Waals surface area (Å²) in [6.07, 6.45) is -0.689. The molecule has 2 aliphatic heterocycles. The van der Waals surface area contributed by atoms with Crippen LogP contribution in [0, 0.1) is 0 Å². The molecule has 1 atom stereocenters. The van der Waals surface area contributed by atoms with Crippen molar-refractivity contribution >= 4 is 12.1 Å². The van der Waals surface area contributed by atoms with Gasteiger partial charge in [-0.3, -0.25) is 4.90 Å². The third-order valence-corrected chi connectivity index (χ3v) is 3.97. The molecule has 3 rings (SSSR count). The zero-order valence-corrected chi connectivity index (χ0v) is 13.1. The molecule has 1 amide bonds. The van der Waals surface area contributed by atoms with Crippen LogP contribution in [0.2, 0.25) is 0 Å². The van der Waals surface area contributed by atoms with Gasteiger partial charge in [-0.2, -0.15) is 0 Å². The van der Waals surface area contributed by atoms with E-state index in [2.05, 4.69) is 0 Å². The fourth-order valence-corrected chi connectivity index (χ4v) is 2.96. The van der Waals surface area contributed by atoms with Crippen LogP contribution in [-0.4, -0.2) is 48.7 Å². The summed E-state index contributed by atoms with van der Waals surface area (Å²) >= 11 is 0. The summed E-state index contributed by atoms with van der Waals surface area (Å²) in [4.78, 5) is 25.6. The lowest BCUT2D eigenvalue weighted by Gasteiger charge is -2.43. The van der Waals surface area contributed by atoms with E-state index in [9.17, 15) is 9.59 Å². The lowest BCUT2D eigenvalue weighted by molar-refractivity contribution is -0.437. The molecule has 0 saturated carbocycles. The Morgan fingerprint density at radius 3 is 2.61 bits per heavy atom. The first kappa shape index (κ1) is 15.8. The van der Waals surface area contributed by atoms with Crippen LogP contribution >= 0.6 is 0 Å². The molecule has 2 saturated heterocycles. The third kappa shape index (κ3) is 3.16. The number of likely N-dealkylation sites (tertiary alicyclic amines) is 1. The topological polar surface area (TPSA) is 74.3 Å². The van der Waals surface area contributed by atoms with Crippen LogP contribution in [0.1, 0.15) is 18.9 Å². The lowest BCUT2D eigenvalue weighted by Crippen LogP contribution is -2.54. The molecule has 1 aromatic rings. The van der Waals surface area contributed by atoms with Crippen LogP contribution in [0.3, 0.4) is 0 Å². The summed E-state index contributed by atoms with van der Waals surface area (Å²) < 4.78 is 21.2. The van der Waals surface area contributed by atoms with Crippen molar-refractivity contribution in [2.45, 2.75) is 38.1 Å². The van der Waals surface area contributed by atoms with Crippen molar-refractivity contribution in [2.24, 2.45) is 0 Å². The highest BCUT2D eigenvalue weighted by Gasteiger charge is 2.57. The SMILES string of the molecule is COC(=O)[C@@H]1CC2(CN1C(=O)OCc1ccccc1)OC(C)O2. The largest absolute Gasteiger partial charge is 0.467 e. The number of nitrogens with zero attached hydrogens (tertiary/aromatic N) is 1. The van der Waals surface area contributed by atoms with Crippen LogP contribution in [0.15, 0.2) is 30.3 Å². The summed E-state index contributed by atoms with van der Waals surface area (Å²) in [5.74, 6) is -1.44. The zero-order chi connectivity index (χ0) is 16.4. The molecule has 0 radical (unpaired) electrons. The first-order chi connectivity index (χ1) is 11.0. The highest BCUT2D eigenvalue weighted by molar-refractivity contribution is 5.82. The molecular formula is C16H19NO6. The smallest absolute Gasteiger partial charge is 0.411 e. The minimum absolute atomic E-state index is 0.134. The molecule has 0 unspecified atom stereocenters. The normalized spacial score (nSPS) is 29.2. The molecule has 0 N–H and O–H groups in total. The Morgan fingerprint density at radius 1 is 1.30 bits per heavy atom. The quantitative estimate of drug-likeness (QED) is 0.788. The van der Waals surface area contributed by atoms with E-state index in [-0.39, 0.29) is 25.9 Å². The van der Waals surface area contributed by atoms with Crippen LogP contribution < -0.4 is 0 Å². The number of methoxy groups -OCH3 is 1. The third-order valence-electron chi connectivity index (χ3n) is 3.97. The van der Waals surface area contributed by atoms with Crippen LogP contribution in [0.25, 0.3) is 0 Å². The number of ether oxygens (including phenoxy) is 4. The predicted molar refractivity (Wildman–Crippen MR) is 78.1 cm³/mol. The molecule has 2 fully saturated rings. The Balaban J connectivity index is 1.66. The first-order valence-corrected chi connectivity index (χ1v) is 7.44. The summed E-state index contributed by atoms with van der Waals surface area (Å²) in [7, 11) is 1.28. The van der Waals surface area contributed by atoms with Crippen molar-refractivity contribution in [1.29, 1.82) is 0 Å². The maximum atomic E-state index is 12.3. The molecule has 2 heterocycles. The van der Waals surface area contributed by atoms with Crippen molar-refractivity contribution < 1.29 is 28.5 Å². The average Bonchev–Trinajstić information content (AvgIpc) is 2.93. The van der Waals surface area contributed by atoms with Gasteiger partial charge in [0.05, 0.1) is 13.7 Å². The monoisotopic (exact) mass is 321 g/mol. The van der Waals surface area contributed by atoms with Gasteiger partial charge in [0, 0.05) is 6.42 Å². The minimum Gasteiger partial charge on any atom is -0.467 e. The number of esters is 1. The molecule has 124 valence electrons. The number of carbonyl (C=O) groups is 2. The number of amides is 1. The van der Waals surface area contributed by atoms with Gasteiger partial charge in [0.2, 0.25) is 0 Å². The Bertz CT molecular complexity index is 583. The van der Waals surface area contributed by atoms with E-state index in [1.54, 1.807) is 6.92 Å². The van der Waals surface area contributed by atoms with E-state index < -0.39 is 23.9 Å². The molecule has 1 spiro atoms. The van der Waals surface area contributed by atoms with Gasteiger partial charge in [-0.15, -0.1) is 0 Å². The molecular weight excluding hydrogens is 302 g/mol. The van der Waals surface area contributed by atoms with Gasteiger partial charge in [0.15, 0.2) is 12.1 Å². The van der Waals surface area contributed by atoms with Gasteiger partial charge < -0.3 is 18.9 Å². The molecule has 7 heteroatoms. The van der Waals surface area contributed by atoms with E-state index in [0.29, 0.717) is 0 Å². The van der Waals surface area contributed by atoms with Gasteiger partial charge in [-0.1, -0.05) is 30.3 Å². The van der Waals surface area contributed by atoms with E-state index in [0.717, 1.165) is 5.56 Å². The summed E-state index contributed by atoms with van der Waals surface area (Å²) in [5.41, 5.74) is 0.870. The maximum absolute atomic E-state index is 12.3. The first-order valence-electron chi connectivity index (χ1n) is 7.44. The molecule has 0 aromatic heterocycles. The Morgan fingerprint density at radius 2 is 2.00 bits per heavy atom.